The molecular formula is C16H25NOS. The van der Waals surface area contributed by atoms with Crippen LogP contribution in [0.2, 0.25) is 0 Å². The van der Waals surface area contributed by atoms with E-state index >= 15 is 0 Å². The average molecular weight is 279 g/mol. The molecule has 2 atom stereocenters. The van der Waals surface area contributed by atoms with Gasteiger partial charge in [0.2, 0.25) is 0 Å². The minimum absolute atomic E-state index is 0.440. The Morgan fingerprint density at radius 1 is 1.42 bits per heavy atom. The predicted molar refractivity (Wildman–Crippen MR) is 84.3 cm³/mol. The summed E-state index contributed by atoms with van der Waals surface area (Å²) in [5, 5.41) is 3.69. The largest absolute Gasteiger partial charge is 0.496 e. The van der Waals surface area contributed by atoms with E-state index in [1.807, 2.05) is 12.1 Å². The number of nitrogens with one attached hydrogen (secondary N) is 1. The molecule has 106 valence electrons. The molecule has 2 rings (SSSR count). The standard InChI is InChI=1S/C16H25NOS/c1-13(17-12-16(2)9-6-10-19-16)11-14-7-4-5-8-15(14)18-3/h4-5,7-8,13,17H,6,9-12H2,1-3H3. The molecule has 0 aromatic heterocycles. The number of benzene rings is 1. The van der Waals surface area contributed by atoms with Crippen LogP contribution in [0.1, 0.15) is 32.3 Å². The second-order valence-electron chi connectivity index (χ2n) is 5.70. The van der Waals surface area contributed by atoms with Gasteiger partial charge in [-0.2, -0.15) is 11.8 Å². The molecule has 3 heteroatoms. The Hall–Kier alpha value is -0.670. The lowest BCUT2D eigenvalue weighted by Gasteiger charge is -2.26. The normalized spacial score (nSPS) is 24.4. The summed E-state index contributed by atoms with van der Waals surface area (Å²) in [7, 11) is 1.74. The predicted octanol–water partition coefficient (Wildman–Crippen LogP) is 3.50. The first-order valence-corrected chi connectivity index (χ1v) is 8.11. The van der Waals surface area contributed by atoms with E-state index in [0.717, 1.165) is 18.7 Å². The van der Waals surface area contributed by atoms with Gasteiger partial charge in [0.25, 0.3) is 0 Å². The van der Waals surface area contributed by atoms with Crippen LogP contribution >= 0.6 is 11.8 Å². The van der Waals surface area contributed by atoms with Crippen molar-refractivity contribution >= 4 is 11.8 Å². The summed E-state index contributed by atoms with van der Waals surface area (Å²) in [5.74, 6) is 2.32. The van der Waals surface area contributed by atoms with Crippen LogP contribution < -0.4 is 10.1 Å². The molecule has 0 radical (unpaired) electrons. The van der Waals surface area contributed by atoms with Gasteiger partial charge in [0.05, 0.1) is 7.11 Å². The highest BCUT2D eigenvalue weighted by atomic mass is 32.2. The van der Waals surface area contributed by atoms with Gasteiger partial charge < -0.3 is 10.1 Å². The van der Waals surface area contributed by atoms with Crippen LogP contribution in [0.5, 0.6) is 5.75 Å². The second-order valence-corrected chi connectivity index (χ2v) is 7.38. The van der Waals surface area contributed by atoms with Crippen molar-refractivity contribution < 1.29 is 4.74 Å². The Morgan fingerprint density at radius 3 is 2.89 bits per heavy atom. The summed E-state index contributed by atoms with van der Waals surface area (Å²) in [4.78, 5) is 0. The molecule has 1 fully saturated rings. The van der Waals surface area contributed by atoms with Gasteiger partial charge in [-0.25, -0.2) is 0 Å². The van der Waals surface area contributed by atoms with Crippen LogP contribution in [0, 0.1) is 0 Å². The van der Waals surface area contributed by atoms with E-state index in [0.29, 0.717) is 10.8 Å². The van der Waals surface area contributed by atoms with Gasteiger partial charge in [-0.1, -0.05) is 18.2 Å². The molecule has 2 nitrogen and oxygen atoms in total. The first-order chi connectivity index (χ1) is 9.13. The zero-order chi connectivity index (χ0) is 13.7. The van der Waals surface area contributed by atoms with E-state index in [4.69, 9.17) is 4.74 Å². The van der Waals surface area contributed by atoms with E-state index in [1.54, 1.807) is 7.11 Å². The third-order valence-electron chi connectivity index (χ3n) is 3.84. The molecule has 0 aliphatic carbocycles. The maximum absolute atomic E-state index is 5.41. The first-order valence-electron chi connectivity index (χ1n) is 7.12. The minimum atomic E-state index is 0.440. The molecule has 0 amide bonds. The van der Waals surface area contributed by atoms with E-state index in [1.165, 1.54) is 24.2 Å². The smallest absolute Gasteiger partial charge is 0.122 e. The number of para-hydroxylation sites is 1. The van der Waals surface area contributed by atoms with E-state index in [2.05, 4.69) is 43.1 Å². The van der Waals surface area contributed by atoms with Crippen molar-refractivity contribution in [1.82, 2.24) is 5.32 Å². The lowest BCUT2D eigenvalue weighted by Crippen LogP contribution is -2.39. The Balaban J connectivity index is 1.85. The lowest BCUT2D eigenvalue weighted by molar-refractivity contribution is 0.404. The third-order valence-corrected chi connectivity index (χ3v) is 5.38. The van der Waals surface area contributed by atoms with Crippen LogP contribution in [-0.4, -0.2) is 30.2 Å². The van der Waals surface area contributed by atoms with Crippen LogP contribution in [0.15, 0.2) is 24.3 Å². The molecule has 19 heavy (non-hydrogen) atoms. The molecular weight excluding hydrogens is 254 g/mol. The second kappa shape index (κ2) is 6.67. The van der Waals surface area contributed by atoms with Crippen molar-refractivity contribution in [3.8, 4) is 5.75 Å². The van der Waals surface area contributed by atoms with Crippen LogP contribution in [0.4, 0.5) is 0 Å². The number of thioether (sulfide) groups is 1. The van der Waals surface area contributed by atoms with Crippen molar-refractivity contribution in [3.05, 3.63) is 29.8 Å². The summed E-state index contributed by atoms with van der Waals surface area (Å²) >= 11 is 2.11. The molecule has 1 heterocycles. The molecule has 1 saturated heterocycles. The highest BCUT2D eigenvalue weighted by Gasteiger charge is 2.29. The fraction of sp³-hybridized carbons (Fsp3) is 0.625. The lowest BCUT2D eigenvalue weighted by atomic mass is 10.0. The van der Waals surface area contributed by atoms with Gasteiger partial charge in [-0.05, 0) is 50.5 Å². The highest BCUT2D eigenvalue weighted by molar-refractivity contribution is 8.00. The van der Waals surface area contributed by atoms with Crippen molar-refractivity contribution in [2.45, 2.75) is 43.9 Å². The van der Waals surface area contributed by atoms with Crippen molar-refractivity contribution in [2.24, 2.45) is 0 Å². The Kier molecular flexibility index (Phi) is 5.17. The molecule has 0 saturated carbocycles. The van der Waals surface area contributed by atoms with Crippen molar-refractivity contribution in [1.29, 1.82) is 0 Å². The number of methoxy groups -OCH3 is 1. The Labute approximate surface area is 121 Å². The SMILES string of the molecule is COc1ccccc1CC(C)NCC1(C)CCCS1. The number of ether oxygens (including phenoxy) is 1. The Bertz CT molecular complexity index is 401. The Morgan fingerprint density at radius 2 is 2.21 bits per heavy atom. The monoisotopic (exact) mass is 279 g/mol. The molecule has 1 N–H and O–H groups in total. The first kappa shape index (κ1) is 14.7. The summed E-state index contributed by atoms with van der Waals surface area (Å²) in [6.07, 6.45) is 3.72. The zero-order valence-corrected chi connectivity index (χ0v) is 13.1. The number of hydrogen-bond donors (Lipinski definition) is 1. The zero-order valence-electron chi connectivity index (χ0n) is 12.2. The van der Waals surface area contributed by atoms with Gasteiger partial charge in [-0.3, -0.25) is 0 Å². The fourth-order valence-electron chi connectivity index (χ4n) is 2.64. The molecule has 0 bridgehead atoms. The minimum Gasteiger partial charge on any atom is -0.496 e. The van der Waals surface area contributed by atoms with Crippen molar-refractivity contribution in [3.63, 3.8) is 0 Å². The summed E-state index contributed by atoms with van der Waals surface area (Å²) in [5.41, 5.74) is 1.29. The van der Waals surface area contributed by atoms with Gasteiger partial charge in [0, 0.05) is 17.3 Å². The van der Waals surface area contributed by atoms with Crippen LogP contribution in [-0.2, 0) is 6.42 Å². The van der Waals surface area contributed by atoms with Gasteiger partial charge >= 0.3 is 0 Å². The van der Waals surface area contributed by atoms with E-state index in [-0.39, 0.29) is 0 Å². The highest BCUT2D eigenvalue weighted by Crippen LogP contribution is 2.37. The quantitative estimate of drug-likeness (QED) is 0.861. The van der Waals surface area contributed by atoms with E-state index < -0.39 is 0 Å². The molecule has 2 unspecified atom stereocenters. The fourth-order valence-corrected chi connectivity index (χ4v) is 3.90. The average Bonchev–Trinajstić information content (AvgIpc) is 2.85. The van der Waals surface area contributed by atoms with Gasteiger partial charge in [0.15, 0.2) is 0 Å². The number of rotatable bonds is 6. The van der Waals surface area contributed by atoms with Crippen molar-refractivity contribution in [2.75, 3.05) is 19.4 Å². The molecule has 1 aromatic rings. The molecule has 1 aliphatic heterocycles. The third kappa shape index (κ3) is 4.15. The van der Waals surface area contributed by atoms with Crippen LogP contribution in [0.25, 0.3) is 0 Å². The molecule has 1 aromatic carbocycles. The maximum atomic E-state index is 5.41. The van der Waals surface area contributed by atoms with E-state index in [9.17, 15) is 0 Å². The summed E-state index contributed by atoms with van der Waals surface area (Å²) < 4.78 is 5.85. The number of hydrogen-bond acceptors (Lipinski definition) is 3. The summed E-state index contributed by atoms with van der Waals surface area (Å²) in [6.45, 7) is 5.75. The topological polar surface area (TPSA) is 21.3 Å². The maximum Gasteiger partial charge on any atom is 0.122 e. The molecule has 1 aliphatic rings. The van der Waals surface area contributed by atoms with Gasteiger partial charge in [0.1, 0.15) is 5.75 Å². The van der Waals surface area contributed by atoms with Crippen LogP contribution in [0.3, 0.4) is 0 Å². The summed E-state index contributed by atoms with van der Waals surface area (Å²) in [6, 6.07) is 8.78. The molecule has 0 spiro atoms. The van der Waals surface area contributed by atoms with Gasteiger partial charge in [-0.15, -0.1) is 0 Å².